The molecule has 1 aromatic carbocycles. The third-order valence-electron chi connectivity index (χ3n) is 4.27. The van der Waals surface area contributed by atoms with Crippen LogP contribution in [-0.2, 0) is 5.41 Å². The summed E-state index contributed by atoms with van der Waals surface area (Å²) < 4.78 is 6.03. The SMILES string of the molecule is CCCNC(CC)c1nnc(C2(c3ccccc3)CC2)o1. The molecule has 1 saturated carbocycles. The van der Waals surface area contributed by atoms with Gasteiger partial charge in [-0.3, -0.25) is 0 Å². The Hall–Kier alpha value is -1.68. The average molecular weight is 285 g/mol. The summed E-state index contributed by atoms with van der Waals surface area (Å²) in [5.74, 6) is 1.50. The highest BCUT2D eigenvalue weighted by molar-refractivity contribution is 5.37. The lowest BCUT2D eigenvalue weighted by molar-refractivity contribution is 0.362. The molecule has 4 nitrogen and oxygen atoms in total. The van der Waals surface area contributed by atoms with Gasteiger partial charge in [-0.1, -0.05) is 44.2 Å². The van der Waals surface area contributed by atoms with Crippen LogP contribution in [0.3, 0.4) is 0 Å². The molecule has 21 heavy (non-hydrogen) atoms. The summed E-state index contributed by atoms with van der Waals surface area (Å²) in [5, 5.41) is 12.1. The van der Waals surface area contributed by atoms with Gasteiger partial charge in [-0.25, -0.2) is 0 Å². The standard InChI is InChI=1S/C17H23N3O/c1-3-12-18-14(4-2)15-19-20-16(21-15)17(10-11-17)13-8-6-5-7-9-13/h5-9,14,18H,3-4,10-12H2,1-2H3. The number of hydrogen-bond donors (Lipinski definition) is 1. The molecule has 0 saturated heterocycles. The van der Waals surface area contributed by atoms with E-state index in [4.69, 9.17) is 4.42 Å². The van der Waals surface area contributed by atoms with E-state index in [-0.39, 0.29) is 11.5 Å². The summed E-state index contributed by atoms with van der Waals surface area (Å²) in [6.45, 7) is 5.27. The molecule has 0 aliphatic heterocycles. The highest BCUT2D eigenvalue weighted by atomic mass is 16.4. The van der Waals surface area contributed by atoms with E-state index in [1.54, 1.807) is 0 Å². The quantitative estimate of drug-likeness (QED) is 0.844. The lowest BCUT2D eigenvalue weighted by Crippen LogP contribution is -2.21. The molecule has 1 aliphatic rings. The second-order valence-corrected chi connectivity index (χ2v) is 5.81. The predicted molar refractivity (Wildman–Crippen MR) is 82.1 cm³/mol. The number of hydrogen-bond acceptors (Lipinski definition) is 4. The molecule has 1 unspecified atom stereocenters. The van der Waals surface area contributed by atoms with Crippen LogP contribution >= 0.6 is 0 Å². The van der Waals surface area contributed by atoms with Crippen molar-refractivity contribution in [1.29, 1.82) is 0 Å². The summed E-state index contributed by atoms with van der Waals surface area (Å²) in [5.41, 5.74) is 1.25. The van der Waals surface area contributed by atoms with Gasteiger partial charge >= 0.3 is 0 Å². The fourth-order valence-electron chi connectivity index (χ4n) is 2.80. The normalized spacial score (nSPS) is 17.6. The number of nitrogens with zero attached hydrogens (tertiary/aromatic N) is 2. The molecule has 0 radical (unpaired) electrons. The van der Waals surface area contributed by atoms with Crippen LogP contribution in [0.25, 0.3) is 0 Å². The third-order valence-corrected chi connectivity index (χ3v) is 4.27. The molecule has 4 heteroatoms. The predicted octanol–water partition coefficient (Wildman–Crippen LogP) is 3.60. The summed E-state index contributed by atoms with van der Waals surface area (Å²) >= 11 is 0. The van der Waals surface area contributed by atoms with Crippen molar-refractivity contribution in [3.63, 3.8) is 0 Å². The Labute approximate surface area is 126 Å². The lowest BCUT2D eigenvalue weighted by atomic mass is 9.96. The van der Waals surface area contributed by atoms with Gasteiger partial charge in [0.15, 0.2) is 0 Å². The van der Waals surface area contributed by atoms with E-state index in [2.05, 4.69) is 53.6 Å². The van der Waals surface area contributed by atoms with Gasteiger partial charge in [0.2, 0.25) is 11.8 Å². The third kappa shape index (κ3) is 2.72. The summed E-state index contributed by atoms with van der Waals surface area (Å²) in [7, 11) is 0. The minimum absolute atomic E-state index is 0.0322. The van der Waals surface area contributed by atoms with Gasteiger partial charge in [0.1, 0.15) is 0 Å². The Morgan fingerprint density at radius 1 is 1.19 bits per heavy atom. The lowest BCUT2D eigenvalue weighted by Gasteiger charge is -2.13. The topological polar surface area (TPSA) is 51.0 Å². The first-order valence-corrected chi connectivity index (χ1v) is 7.93. The second-order valence-electron chi connectivity index (χ2n) is 5.81. The number of benzene rings is 1. The van der Waals surface area contributed by atoms with Crippen molar-refractivity contribution in [2.45, 2.75) is 51.0 Å². The van der Waals surface area contributed by atoms with Crippen molar-refractivity contribution in [2.24, 2.45) is 0 Å². The summed E-state index contributed by atoms with van der Waals surface area (Å²) in [6, 6.07) is 10.7. The van der Waals surface area contributed by atoms with Gasteiger partial charge < -0.3 is 9.73 Å². The number of rotatable bonds is 7. The van der Waals surface area contributed by atoms with Gasteiger partial charge in [-0.05, 0) is 37.8 Å². The molecule has 0 amide bonds. The molecule has 1 N–H and O–H groups in total. The zero-order valence-electron chi connectivity index (χ0n) is 12.8. The maximum Gasteiger partial charge on any atom is 0.233 e. The van der Waals surface area contributed by atoms with E-state index in [0.29, 0.717) is 0 Å². The van der Waals surface area contributed by atoms with Crippen LogP contribution in [0.5, 0.6) is 0 Å². The van der Waals surface area contributed by atoms with E-state index >= 15 is 0 Å². The van der Waals surface area contributed by atoms with Crippen molar-refractivity contribution in [3.05, 3.63) is 47.7 Å². The largest absolute Gasteiger partial charge is 0.423 e. The number of nitrogens with one attached hydrogen (secondary N) is 1. The van der Waals surface area contributed by atoms with E-state index in [0.717, 1.165) is 44.0 Å². The van der Waals surface area contributed by atoms with Crippen molar-refractivity contribution in [3.8, 4) is 0 Å². The first kappa shape index (κ1) is 14.3. The Bertz CT molecular complexity index is 575. The fourth-order valence-corrected chi connectivity index (χ4v) is 2.80. The van der Waals surface area contributed by atoms with Crippen molar-refractivity contribution >= 4 is 0 Å². The molecule has 112 valence electrons. The summed E-state index contributed by atoms with van der Waals surface area (Å²) in [6.07, 6.45) is 4.25. The Kier molecular flexibility index (Phi) is 4.06. The molecule has 3 rings (SSSR count). The van der Waals surface area contributed by atoms with Gasteiger partial charge in [0.25, 0.3) is 0 Å². The Morgan fingerprint density at radius 3 is 2.57 bits per heavy atom. The van der Waals surface area contributed by atoms with Gasteiger partial charge in [0, 0.05) is 0 Å². The second kappa shape index (κ2) is 5.98. The molecule has 0 bridgehead atoms. The van der Waals surface area contributed by atoms with Crippen LogP contribution in [0.1, 0.15) is 62.9 Å². The van der Waals surface area contributed by atoms with Crippen molar-refractivity contribution in [1.82, 2.24) is 15.5 Å². The van der Waals surface area contributed by atoms with Crippen LogP contribution in [0.15, 0.2) is 34.7 Å². The zero-order valence-corrected chi connectivity index (χ0v) is 12.8. The highest BCUT2D eigenvalue weighted by Gasteiger charge is 2.50. The number of aromatic nitrogens is 2. The van der Waals surface area contributed by atoms with Crippen LogP contribution < -0.4 is 5.32 Å². The van der Waals surface area contributed by atoms with Crippen LogP contribution in [0.4, 0.5) is 0 Å². The van der Waals surface area contributed by atoms with Crippen molar-refractivity contribution in [2.75, 3.05) is 6.54 Å². The van der Waals surface area contributed by atoms with Crippen LogP contribution in [0.2, 0.25) is 0 Å². The van der Waals surface area contributed by atoms with E-state index in [1.807, 2.05) is 6.07 Å². The molecular weight excluding hydrogens is 262 g/mol. The molecule has 2 aromatic rings. The molecule has 1 heterocycles. The zero-order chi connectivity index (χ0) is 14.7. The minimum Gasteiger partial charge on any atom is -0.423 e. The van der Waals surface area contributed by atoms with Crippen LogP contribution in [0, 0.1) is 0 Å². The molecular formula is C17H23N3O. The van der Waals surface area contributed by atoms with Gasteiger partial charge in [0.05, 0.1) is 11.5 Å². The molecule has 1 aliphatic carbocycles. The monoisotopic (exact) mass is 285 g/mol. The highest BCUT2D eigenvalue weighted by Crippen LogP contribution is 2.52. The molecule has 1 atom stereocenters. The average Bonchev–Trinajstić information content (AvgIpc) is 3.21. The smallest absolute Gasteiger partial charge is 0.233 e. The first-order valence-electron chi connectivity index (χ1n) is 7.93. The molecule has 0 spiro atoms. The molecule has 1 fully saturated rings. The Morgan fingerprint density at radius 2 is 1.95 bits per heavy atom. The van der Waals surface area contributed by atoms with Crippen molar-refractivity contribution < 1.29 is 4.42 Å². The maximum atomic E-state index is 6.03. The van der Waals surface area contributed by atoms with Crippen LogP contribution in [-0.4, -0.2) is 16.7 Å². The van der Waals surface area contributed by atoms with Gasteiger partial charge in [-0.2, -0.15) is 0 Å². The van der Waals surface area contributed by atoms with Gasteiger partial charge in [-0.15, -0.1) is 10.2 Å². The maximum absolute atomic E-state index is 6.03. The van der Waals surface area contributed by atoms with E-state index in [9.17, 15) is 0 Å². The summed E-state index contributed by atoms with van der Waals surface area (Å²) in [4.78, 5) is 0. The van der Waals surface area contributed by atoms with E-state index in [1.165, 1.54) is 5.56 Å². The first-order chi connectivity index (χ1) is 10.3. The fraction of sp³-hybridized carbons (Fsp3) is 0.529. The van der Waals surface area contributed by atoms with E-state index < -0.39 is 0 Å². The minimum atomic E-state index is -0.0322. The Balaban J connectivity index is 1.82. The molecule has 1 aromatic heterocycles.